The molecule has 0 spiro atoms. The van der Waals surface area contributed by atoms with Crippen LogP contribution in [0.4, 0.5) is 0 Å². The molecule has 28 heavy (non-hydrogen) atoms. The van der Waals surface area contributed by atoms with Crippen LogP contribution >= 0.6 is 0 Å². The summed E-state index contributed by atoms with van der Waals surface area (Å²) in [5.41, 5.74) is 1.99. The molecule has 0 bridgehead atoms. The third-order valence-electron chi connectivity index (χ3n) is 4.37. The van der Waals surface area contributed by atoms with Crippen LogP contribution in [0.25, 0.3) is 0 Å². The van der Waals surface area contributed by atoms with Gasteiger partial charge in [0.1, 0.15) is 0 Å². The van der Waals surface area contributed by atoms with Crippen molar-refractivity contribution in [2.45, 2.75) is 71.1 Å². The van der Waals surface area contributed by atoms with Gasteiger partial charge in [0.2, 0.25) is 0 Å². The smallest absolute Gasteiger partial charge is 0.177 e. The Kier molecular flexibility index (Phi) is 9.88. The molecule has 156 valence electrons. The second-order valence-corrected chi connectivity index (χ2v) is 7.35. The lowest BCUT2D eigenvalue weighted by molar-refractivity contribution is -0.257. The summed E-state index contributed by atoms with van der Waals surface area (Å²) >= 11 is 0. The number of ether oxygens (including phenoxy) is 5. The molecule has 1 aromatic rings. The van der Waals surface area contributed by atoms with Gasteiger partial charge in [0.15, 0.2) is 12.6 Å². The van der Waals surface area contributed by atoms with E-state index in [2.05, 4.69) is 13.2 Å². The van der Waals surface area contributed by atoms with Gasteiger partial charge >= 0.3 is 0 Å². The lowest BCUT2D eigenvalue weighted by atomic mass is 10.1. The summed E-state index contributed by atoms with van der Waals surface area (Å²) in [5, 5.41) is 0. The minimum absolute atomic E-state index is 0.0578. The van der Waals surface area contributed by atoms with E-state index in [1.807, 2.05) is 51.1 Å². The van der Waals surface area contributed by atoms with Crippen molar-refractivity contribution in [1.82, 2.24) is 0 Å². The van der Waals surface area contributed by atoms with Gasteiger partial charge in [-0.05, 0) is 44.4 Å². The van der Waals surface area contributed by atoms with Gasteiger partial charge < -0.3 is 23.7 Å². The Balaban J connectivity index is 1.66. The Morgan fingerprint density at radius 2 is 1.93 bits per heavy atom. The highest BCUT2D eigenvalue weighted by Crippen LogP contribution is 2.25. The van der Waals surface area contributed by atoms with Crippen LogP contribution < -0.4 is 0 Å². The highest BCUT2D eigenvalue weighted by Gasteiger charge is 2.31. The fourth-order valence-corrected chi connectivity index (χ4v) is 2.98. The zero-order chi connectivity index (χ0) is 20.4. The van der Waals surface area contributed by atoms with E-state index in [9.17, 15) is 0 Å². The van der Waals surface area contributed by atoms with Crippen LogP contribution in [0.2, 0.25) is 0 Å². The van der Waals surface area contributed by atoms with E-state index in [0.29, 0.717) is 19.8 Å². The molecule has 0 N–H and O–H groups in total. The van der Waals surface area contributed by atoms with Crippen LogP contribution in [0.15, 0.2) is 55.1 Å². The molecule has 0 radical (unpaired) electrons. The predicted octanol–water partition coefficient (Wildman–Crippen LogP) is 4.62. The van der Waals surface area contributed by atoms with Crippen molar-refractivity contribution < 1.29 is 23.7 Å². The SMILES string of the molecule is C=CC(OCC(=C)COCc1ccccc1)O[C@@H]1CC[C@H](OC(C)C)O[C@H]1C. The Morgan fingerprint density at radius 1 is 1.18 bits per heavy atom. The Morgan fingerprint density at radius 3 is 2.57 bits per heavy atom. The Bertz CT molecular complexity index is 586. The van der Waals surface area contributed by atoms with Crippen LogP contribution in [-0.4, -0.2) is 44.1 Å². The predicted molar refractivity (Wildman–Crippen MR) is 110 cm³/mol. The van der Waals surface area contributed by atoms with Crippen LogP contribution in [-0.2, 0) is 30.3 Å². The van der Waals surface area contributed by atoms with Crippen LogP contribution in [0.3, 0.4) is 0 Å². The fourth-order valence-electron chi connectivity index (χ4n) is 2.98. The first-order chi connectivity index (χ1) is 13.5. The first-order valence-corrected chi connectivity index (χ1v) is 9.96. The zero-order valence-electron chi connectivity index (χ0n) is 17.3. The van der Waals surface area contributed by atoms with E-state index in [-0.39, 0.29) is 24.6 Å². The summed E-state index contributed by atoms with van der Waals surface area (Å²) in [7, 11) is 0. The molecule has 1 saturated heterocycles. The molecule has 0 saturated carbocycles. The van der Waals surface area contributed by atoms with Gasteiger partial charge in [0, 0.05) is 6.42 Å². The topological polar surface area (TPSA) is 46.2 Å². The molecule has 1 aliphatic rings. The number of hydrogen-bond acceptors (Lipinski definition) is 5. The van der Waals surface area contributed by atoms with Gasteiger partial charge in [-0.25, -0.2) is 0 Å². The normalized spacial score (nSPS) is 23.5. The molecule has 0 amide bonds. The van der Waals surface area contributed by atoms with E-state index < -0.39 is 6.29 Å². The van der Waals surface area contributed by atoms with Crippen molar-refractivity contribution in [3.63, 3.8) is 0 Å². The molecule has 0 aliphatic carbocycles. The molecule has 1 aromatic carbocycles. The minimum Gasteiger partial charge on any atom is -0.372 e. The van der Waals surface area contributed by atoms with Gasteiger partial charge in [-0.1, -0.05) is 43.5 Å². The average molecular weight is 391 g/mol. The largest absolute Gasteiger partial charge is 0.372 e. The second-order valence-electron chi connectivity index (χ2n) is 7.35. The third-order valence-corrected chi connectivity index (χ3v) is 4.37. The minimum atomic E-state index is -0.510. The maximum atomic E-state index is 6.03. The third kappa shape index (κ3) is 8.25. The molecule has 1 unspecified atom stereocenters. The van der Waals surface area contributed by atoms with E-state index >= 15 is 0 Å². The molecular formula is C23H34O5. The first kappa shape index (κ1) is 22.8. The standard InChI is InChI=1S/C23H34O5/c1-6-22(28-21-12-13-23(26-17(2)3)27-19(21)5)25-15-18(4)14-24-16-20-10-8-7-9-11-20/h6-11,17,19,21-23H,1,4,12-16H2,2-3,5H3/t19-,21+,22?,23+/m0/s1. The number of rotatable bonds is 12. The van der Waals surface area contributed by atoms with Crippen molar-refractivity contribution in [3.05, 3.63) is 60.7 Å². The van der Waals surface area contributed by atoms with Crippen molar-refractivity contribution in [3.8, 4) is 0 Å². The molecule has 5 heteroatoms. The first-order valence-electron chi connectivity index (χ1n) is 9.96. The van der Waals surface area contributed by atoms with E-state index in [1.165, 1.54) is 0 Å². The maximum absolute atomic E-state index is 6.03. The molecule has 2 rings (SSSR count). The lowest BCUT2D eigenvalue weighted by Crippen LogP contribution is -2.42. The van der Waals surface area contributed by atoms with Crippen molar-refractivity contribution in [2.75, 3.05) is 13.2 Å². The molecular weight excluding hydrogens is 356 g/mol. The highest BCUT2D eigenvalue weighted by molar-refractivity contribution is 5.13. The van der Waals surface area contributed by atoms with E-state index in [0.717, 1.165) is 24.0 Å². The molecule has 4 atom stereocenters. The lowest BCUT2D eigenvalue weighted by Gasteiger charge is -2.36. The van der Waals surface area contributed by atoms with Gasteiger partial charge in [0.25, 0.3) is 0 Å². The van der Waals surface area contributed by atoms with Crippen LogP contribution in [0.1, 0.15) is 39.2 Å². The molecule has 5 nitrogen and oxygen atoms in total. The van der Waals surface area contributed by atoms with Crippen molar-refractivity contribution in [1.29, 1.82) is 0 Å². The summed E-state index contributed by atoms with van der Waals surface area (Å²) < 4.78 is 29.1. The average Bonchev–Trinajstić information content (AvgIpc) is 2.67. The fraction of sp³-hybridized carbons (Fsp3) is 0.565. The number of benzene rings is 1. The van der Waals surface area contributed by atoms with Gasteiger partial charge in [0.05, 0.1) is 38.1 Å². The Hall–Kier alpha value is -1.50. The Labute approximate surface area is 169 Å². The van der Waals surface area contributed by atoms with Crippen molar-refractivity contribution in [2.24, 2.45) is 0 Å². The quantitative estimate of drug-likeness (QED) is 0.385. The second kappa shape index (κ2) is 12.1. The van der Waals surface area contributed by atoms with E-state index in [1.54, 1.807) is 6.08 Å². The van der Waals surface area contributed by atoms with Crippen LogP contribution in [0.5, 0.6) is 0 Å². The van der Waals surface area contributed by atoms with Gasteiger partial charge in [-0.2, -0.15) is 0 Å². The van der Waals surface area contributed by atoms with Crippen molar-refractivity contribution >= 4 is 0 Å². The summed E-state index contributed by atoms with van der Waals surface area (Å²) in [6, 6.07) is 10.0. The summed E-state index contributed by atoms with van der Waals surface area (Å²) in [5.74, 6) is 0. The zero-order valence-corrected chi connectivity index (χ0v) is 17.3. The number of hydrogen-bond donors (Lipinski definition) is 0. The van der Waals surface area contributed by atoms with Crippen LogP contribution in [0, 0.1) is 0 Å². The van der Waals surface area contributed by atoms with Gasteiger partial charge in [-0.15, -0.1) is 0 Å². The summed E-state index contributed by atoms with van der Waals surface area (Å²) in [6.07, 6.45) is 2.66. The molecule has 0 aromatic heterocycles. The molecule has 1 aliphatic heterocycles. The molecule has 1 heterocycles. The van der Waals surface area contributed by atoms with Gasteiger partial charge in [-0.3, -0.25) is 0 Å². The van der Waals surface area contributed by atoms with E-state index in [4.69, 9.17) is 23.7 Å². The highest BCUT2D eigenvalue weighted by atomic mass is 16.7. The monoisotopic (exact) mass is 390 g/mol. The summed E-state index contributed by atoms with van der Waals surface area (Å²) in [6.45, 7) is 15.2. The molecule has 1 fully saturated rings. The maximum Gasteiger partial charge on any atom is 0.177 e. The summed E-state index contributed by atoms with van der Waals surface area (Å²) in [4.78, 5) is 0.